The van der Waals surface area contributed by atoms with Crippen LogP contribution in [-0.4, -0.2) is 20.7 Å². The Labute approximate surface area is 142 Å². The summed E-state index contributed by atoms with van der Waals surface area (Å²) in [5.74, 6) is -0.470. The minimum Gasteiger partial charge on any atom is -0.350 e. The molecule has 1 saturated carbocycles. The highest BCUT2D eigenvalue weighted by Crippen LogP contribution is 2.51. The van der Waals surface area contributed by atoms with Crippen molar-refractivity contribution in [2.75, 3.05) is 0 Å². The highest BCUT2D eigenvalue weighted by Gasteiger charge is 2.54. The molecule has 0 saturated heterocycles. The molecule has 0 spiro atoms. The lowest BCUT2D eigenvalue weighted by atomic mass is 10.1. The Morgan fingerprint density at radius 3 is 2.92 bits per heavy atom. The van der Waals surface area contributed by atoms with Crippen LogP contribution in [0.2, 0.25) is 5.02 Å². The molecule has 124 valence electrons. The van der Waals surface area contributed by atoms with Crippen LogP contribution >= 0.6 is 11.6 Å². The van der Waals surface area contributed by atoms with Crippen molar-refractivity contribution in [3.63, 3.8) is 0 Å². The number of hydrogen-bond donors (Lipinski definition) is 2. The maximum absolute atomic E-state index is 14.1. The number of nitrogens with zero attached hydrogens (tertiary/aromatic N) is 2. The third-order valence-electron chi connectivity index (χ3n) is 4.80. The van der Waals surface area contributed by atoms with Crippen molar-refractivity contribution in [1.82, 2.24) is 20.1 Å². The minimum atomic E-state index is -0.522. The van der Waals surface area contributed by atoms with E-state index in [0.717, 1.165) is 12.0 Å². The van der Waals surface area contributed by atoms with Gasteiger partial charge in [-0.1, -0.05) is 18.5 Å². The minimum absolute atomic E-state index is 0.0381. The van der Waals surface area contributed by atoms with E-state index in [2.05, 4.69) is 22.3 Å². The number of aromatic amines is 1. The molecule has 0 unspecified atom stereocenters. The Hall–Kier alpha value is -2.34. The fourth-order valence-electron chi connectivity index (χ4n) is 3.26. The Kier molecular flexibility index (Phi) is 3.22. The normalized spacial score (nSPS) is 22.8. The number of hydrogen-bond acceptors (Lipinski definition) is 2. The molecule has 5 nitrogen and oxygen atoms in total. The summed E-state index contributed by atoms with van der Waals surface area (Å²) in [6.45, 7) is 2.08. The number of amides is 1. The zero-order valence-corrected chi connectivity index (χ0v) is 14.0. The molecule has 2 atom stereocenters. The number of H-pyrrole nitrogens is 1. The van der Waals surface area contributed by atoms with Crippen molar-refractivity contribution in [3.05, 3.63) is 52.7 Å². The summed E-state index contributed by atoms with van der Waals surface area (Å²) in [5.41, 5.74) is 1.43. The summed E-state index contributed by atoms with van der Waals surface area (Å²) >= 11 is 5.80. The van der Waals surface area contributed by atoms with Gasteiger partial charge in [0.2, 0.25) is 0 Å². The van der Waals surface area contributed by atoms with E-state index < -0.39 is 11.4 Å². The lowest BCUT2D eigenvalue weighted by molar-refractivity contribution is 0.0923. The van der Waals surface area contributed by atoms with Crippen LogP contribution in [0.4, 0.5) is 4.39 Å². The van der Waals surface area contributed by atoms with Crippen molar-refractivity contribution in [2.24, 2.45) is 13.0 Å². The van der Waals surface area contributed by atoms with Gasteiger partial charge in [0.25, 0.3) is 5.91 Å². The van der Waals surface area contributed by atoms with Gasteiger partial charge in [0.15, 0.2) is 5.82 Å². The largest absolute Gasteiger partial charge is 0.350 e. The van der Waals surface area contributed by atoms with E-state index in [1.165, 1.54) is 12.1 Å². The summed E-state index contributed by atoms with van der Waals surface area (Å²) in [5, 5.41) is 7.62. The molecule has 4 rings (SSSR count). The maximum Gasteiger partial charge on any atom is 0.268 e. The van der Waals surface area contributed by atoms with Gasteiger partial charge in [-0.3, -0.25) is 9.48 Å². The molecule has 2 N–H and O–H groups in total. The quantitative estimate of drug-likeness (QED) is 0.764. The Morgan fingerprint density at radius 1 is 1.54 bits per heavy atom. The van der Waals surface area contributed by atoms with Crippen molar-refractivity contribution in [2.45, 2.75) is 18.9 Å². The van der Waals surface area contributed by atoms with Crippen LogP contribution in [0.5, 0.6) is 0 Å². The van der Waals surface area contributed by atoms with E-state index in [1.54, 1.807) is 16.9 Å². The standard InChI is InChI=1S/C17H16ClFN4O/c1-9-6-17(9,10-7-20-23(2)8-10)22-16(24)14-5-11-13(21-14)4-3-12(18)15(11)19/h3-5,7-9,21H,6H2,1-2H3,(H,22,24)/t9-,17-/m1/s1. The topological polar surface area (TPSA) is 62.7 Å². The second-order valence-corrected chi connectivity index (χ2v) is 6.85. The summed E-state index contributed by atoms with van der Waals surface area (Å²) in [7, 11) is 1.84. The molecule has 0 bridgehead atoms. The monoisotopic (exact) mass is 346 g/mol. The number of aryl methyl sites for hydroxylation is 1. The van der Waals surface area contributed by atoms with Gasteiger partial charge in [0.05, 0.1) is 16.8 Å². The average molecular weight is 347 g/mol. The first-order valence-electron chi connectivity index (χ1n) is 7.69. The molecule has 1 amide bonds. The number of rotatable bonds is 3. The van der Waals surface area contributed by atoms with Crippen LogP contribution < -0.4 is 5.32 Å². The number of benzene rings is 1. The van der Waals surface area contributed by atoms with E-state index in [1.807, 2.05) is 13.2 Å². The summed E-state index contributed by atoms with van der Waals surface area (Å²) in [6, 6.07) is 4.63. The van der Waals surface area contributed by atoms with Crippen LogP contribution in [0.1, 0.15) is 29.4 Å². The highest BCUT2D eigenvalue weighted by molar-refractivity contribution is 6.31. The predicted octanol–water partition coefficient (Wildman–Crippen LogP) is 3.36. The van der Waals surface area contributed by atoms with Gasteiger partial charge in [0.1, 0.15) is 5.69 Å². The van der Waals surface area contributed by atoms with Gasteiger partial charge in [-0.25, -0.2) is 4.39 Å². The number of fused-ring (bicyclic) bond motifs is 1. The summed E-state index contributed by atoms with van der Waals surface area (Å²) < 4.78 is 15.8. The highest BCUT2D eigenvalue weighted by atomic mass is 35.5. The molecule has 0 radical (unpaired) electrons. The molecular formula is C17H16ClFN4O. The molecule has 3 aromatic rings. The number of nitrogens with one attached hydrogen (secondary N) is 2. The third-order valence-corrected chi connectivity index (χ3v) is 5.09. The molecular weight excluding hydrogens is 331 g/mol. The predicted molar refractivity (Wildman–Crippen MR) is 89.4 cm³/mol. The zero-order chi connectivity index (χ0) is 17.1. The molecule has 2 aromatic heterocycles. The van der Waals surface area contributed by atoms with Crippen molar-refractivity contribution < 1.29 is 9.18 Å². The van der Waals surface area contributed by atoms with Crippen LogP contribution in [0.15, 0.2) is 30.6 Å². The van der Waals surface area contributed by atoms with E-state index in [0.29, 0.717) is 22.5 Å². The van der Waals surface area contributed by atoms with Crippen LogP contribution in [0.3, 0.4) is 0 Å². The van der Waals surface area contributed by atoms with Crippen LogP contribution in [0, 0.1) is 11.7 Å². The van der Waals surface area contributed by atoms with Gasteiger partial charge in [-0.05, 0) is 30.5 Å². The van der Waals surface area contributed by atoms with E-state index in [4.69, 9.17) is 11.6 Å². The Bertz CT molecular complexity index is 963. The van der Waals surface area contributed by atoms with E-state index in [-0.39, 0.29) is 10.9 Å². The molecule has 0 aliphatic heterocycles. The molecule has 2 heterocycles. The van der Waals surface area contributed by atoms with Crippen molar-refractivity contribution in [3.8, 4) is 0 Å². The smallest absolute Gasteiger partial charge is 0.268 e. The molecule has 1 aromatic carbocycles. The average Bonchev–Trinajstić information content (AvgIpc) is 2.95. The molecule has 24 heavy (non-hydrogen) atoms. The Balaban J connectivity index is 1.66. The number of carbonyl (C=O) groups excluding carboxylic acids is 1. The first-order valence-corrected chi connectivity index (χ1v) is 8.07. The van der Waals surface area contributed by atoms with Gasteiger partial charge in [-0.15, -0.1) is 0 Å². The number of halogens is 2. The fourth-order valence-corrected chi connectivity index (χ4v) is 3.42. The maximum atomic E-state index is 14.1. The fraction of sp³-hybridized carbons (Fsp3) is 0.294. The molecule has 7 heteroatoms. The third kappa shape index (κ3) is 2.21. The first-order chi connectivity index (χ1) is 11.4. The second kappa shape index (κ2) is 5.08. The lowest BCUT2D eigenvalue weighted by Gasteiger charge is -2.16. The lowest BCUT2D eigenvalue weighted by Crippen LogP contribution is -2.36. The summed E-state index contributed by atoms with van der Waals surface area (Å²) in [6.07, 6.45) is 4.54. The summed E-state index contributed by atoms with van der Waals surface area (Å²) in [4.78, 5) is 15.6. The zero-order valence-electron chi connectivity index (χ0n) is 13.2. The Morgan fingerprint density at radius 2 is 2.29 bits per heavy atom. The number of carbonyl (C=O) groups is 1. The number of aromatic nitrogens is 3. The molecule has 1 aliphatic rings. The van der Waals surface area contributed by atoms with Gasteiger partial charge < -0.3 is 10.3 Å². The van der Waals surface area contributed by atoms with Gasteiger partial charge in [0, 0.05) is 29.7 Å². The second-order valence-electron chi connectivity index (χ2n) is 6.44. The molecule has 1 fully saturated rings. The SMILES string of the molecule is C[C@@H]1C[C@]1(NC(=O)c1cc2c(F)c(Cl)ccc2[nH]1)c1cnn(C)c1. The first kappa shape index (κ1) is 15.2. The van der Waals surface area contributed by atoms with E-state index in [9.17, 15) is 9.18 Å². The van der Waals surface area contributed by atoms with Crippen LogP contribution in [0.25, 0.3) is 10.9 Å². The molecule has 1 aliphatic carbocycles. The van der Waals surface area contributed by atoms with Gasteiger partial charge >= 0.3 is 0 Å². The van der Waals surface area contributed by atoms with Crippen molar-refractivity contribution in [1.29, 1.82) is 0 Å². The van der Waals surface area contributed by atoms with E-state index >= 15 is 0 Å². The van der Waals surface area contributed by atoms with Crippen molar-refractivity contribution >= 4 is 28.4 Å². The van der Waals surface area contributed by atoms with Gasteiger partial charge in [-0.2, -0.15) is 5.10 Å². The van der Waals surface area contributed by atoms with Crippen LogP contribution in [-0.2, 0) is 12.6 Å².